The van der Waals surface area contributed by atoms with Crippen molar-refractivity contribution >= 4 is 17.5 Å². The summed E-state index contributed by atoms with van der Waals surface area (Å²) >= 11 is 6.17. The van der Waals surface area contributed by atoms with Crippen LogP contribution in [-0.4, -0.2) is 30.6 Å². The summed E-state index contributed by atoms with van der Waals surface area (Å²) in [5.41, 5.74) is 1.71. The molecule has 7 nitrogen and oxygen atoms in total. The molecule has 1 atom stereocenters. The van der Waals surface area contributed by atoms with Gasteiger partial charge in [-0.05, 0) is 55.0 Å². The summed E-state index contributed by atoms with van der Waals surface area (Å²) in [6.07, 6.45) is 3.12. The highest BCUT2D eigenvalue weighted by Gasteiger charge is 2.27. The first-order valence-corrected chi connectivity index (χ1v) is 10.3. The minimum Gasteiger partial charge on any atom is -0.324 e. The predicted molar refractivity (Wildman–Crippen MR) is 120 cm³/mol. The minimum atomic E-state index is -0.447. The van der Waals surface area contributed by atoms with Crippen molar-refractivity contribution in [3.8, 4) is 11.9 Å². The zero-order valence-corrected chi connectivity index (χ0v) is 18.0. The third-order valence-corrected chi connectivity index (χ3v) is 5.26. The van der Waals surface area contributed by atoms with Gasteiger partial charge in [-0.3, -0.25) is 4.79 Å². The Morgan fingerprint density at radius 1 is 1.12 bits per heavy atom. The van der Waals surface area contributed by atoms with Crippen LogP contribution in [0.1, 0.15) is 40.3 Å². The quantitative estimate of drug-likeness (QED) is 0.435. The fourth-order valence-corrected chi connectivity index (χ4v) is 3.65. The molecule has 0 fully saturated rings. The van der Waals surface area contributed by atoms with E-state index in [1.807, 2.05) is 43.3 Å². The van der Waals surface area contributed by atoms with Crippen LogP contribution in [0.5, 0.6) is 0 Å². The van der Waals surface area contributed by atoms with E-state index in [9.17, 15) is 10.1 Å². The molecular formula is C24H19ClN6O. The highest BCUT2D eigenvalue weighted by molar-refractivity contribution is 6.30. The Kier molecular flexibility index (Phi) is 6.24. The number of nitriles is 1. The van der Waals surface area contributed by atoms with Crippen LogP contribution in [0.25, 0.3) is 5.82 Å². The lowest BCUT2D eigenvalue weighted by Crippen LogP contribution is -2.34. The molecule has 158 valence electrons. The van der Waals surface area contributed by atoms with Crippen LogP contribution in [0, 0.1) is 11.3 Å². The number of carbonyl (C=O) groups excluding carboxylic acids is 1. The number of amides is 1. The standard InChI is InChI=1S/C24H19ClN6O/c1-17(23-28-16-29-31(23)22-10-2-3-11-27-22)30(15-19-7-5-9-21(25)13-19)24(32)20-8-4-6-18(12-20)14-26/h2-13,16-17H,15H2,1H3. The maximum Gasteiger partial charge on any atom is 0.254 e. The molecule has 0 saturated carbocycles. The average Bonchev–Trinajstić information content (AvgIpc) is 3.32. The van der Waals surface area contributed by atoms with Gasteiger partial charge in [0.05, 0.1) is 17.7 Å². The SMILES string of the molecule is CC(c1ncnn1-c1ccccn1)N(Cc1cccc(Cl)c1)C(=O)c1cccc(C#N)c1. The van der Waals surface area contributed by atoms with Gasteiger partial charge in [-0.25, -0.2) is 9.97 Å². The van der Waals surface area contributed by atoms with E-state index < -0.39 is 6.04 Å². The Morgan fingerprint density at radius 2 is 1.97 bits per heavy atom. The van der Waals surface area contributed by atoms with E-state index in [0.717, 1.165) is 5.56 Å². The van der Waals surface area contributed by atoms with Crippen molar-refractivity contribution in [2.45, 2.75) is 19.5 Å². The lowest BCUT2D eigenvalue weighted by atomic mass is 10.1. The zero-order valence-electron chi connectivity index (χ0n) is 17.3. The molecule has 0 aliphatic rings. The maximum atomic E-state index is 13.6. The van der Waals surface area contributed by atoms with Crippen molar-refractivity contribution in [3.63, 3.8) is 0 Å². The van der Waals surface area contributed by atoms with Crippen LogP contribution >= 0.6 is 11.6 Å². The number of hydrogen-bond acceptors (Lipinski definition) is 5. The number of carbonyl (C=O) groups is 1. The molecule has 0 bridgehead atoms. The Labute approximate surface area is 190 Å². The summed E-state index contributed by atoms with van der Waals surface area (Å²) in [6.45, 7) is 2.19. The number of aromatic nitrogens is 4. The van der Waals surface area contributed by atoms with Crippen molar-refractivity contribution in [3.05, 3.63) is 107 Å². The van der Waals surface area contributed by atoms with Gasteiger partial charge in [0.15, 0.2) is 11.6 Å². The van der Waals surface area contributed by atoms with Crippen molar-refractivity contribution in [2.24, 2.45) is 0 Å². The van der Waals surface area contributed by atoms with E-state index >= 15 is 0 Å². The van der Waals surface area contributed by atoms with Gasteiger partial charge in [-0.2, -0.15) is 15.0 Å². The number of halogens is 1. The largest absolute Gasteiger partial charge is 0.324 e. The summed E-state index contributed by atoms with van der Waals surface area (Å²) in [6, 6.07) is 21.2. The van der Waals surface area contributed by atoms with Gasteiger partial charge in [0, 0.05) is 23.3 Å². The molecule has 0 radical (unpaired) electrons. The molecule has 32 heavy (non-hydrogen) atoms. The molecule has 2 aromatic carbocycles. The highest BCUT2D eigenvalue weighted by Crippen LogP contribution is 2.25. The number of nitrogens with zero attached hydrogens (tertiary/aromatic N) is 6. The van der Waals surface area contributed by atoms with E-state index in [1.54, 1.807) is 46.1 Å². The molecule has 1 unspecified atom stereocenters. The lowest BCUT2D eigenvalue weighted by molar-refractivity contribution is 0.0664. The van der Waals surface area contributed by atoms with E-state index in [4.69, 9.17) is 11.6 Å². The van der Waals surface area contributed by atoms with Crippen LogP contribution in [-0.2, 0) is 6.54 Å². The molecule has 2 aromatic heterocycles. The van der Waals surface area contributed by atoms with Crippen molar-refractivity contribution in [1.29, 1.82) is 5.26 Å². The summed E-state index contributed by atoms with van der Waals surface area (Å²) < 4.78 is 1.62. The van der Waals surface area contributed by atoms with Gasteiger partial charge < -0.3 is 4.90 Å². The van der Waals surface area contributed by atoms with Gasteiger partial charge in [-0.1, -0.05) is 35.9 Å². The fourth-order valence-electron chi connectivity index (χ4n) is 3.43. The van der Waals surface area contributed by atoms with Crippen molar-refractivity contribution in [1.82, 2.24) is 24.6 Å². The van der Waals surface area contributed by atoms with E-state index in [-0.39, 0.29) is 5.91 Å². The second-order valence-electron chi connectivity index (χ2n) is 7.15. The number of benzene rings is 2. The number of hydrogen-bond donors (Lipinski definition) is 0. The molecule has 2 heterocycles. The number of rotatable bonds is 6. The smallest absolute Gasteiger partial charge is 0.254 e. The molecule has 0 N–H and O–H groups in total. The normalized spacial score (nSPS) is 11.5. The van der Waals surface area contributed by atoms with Crippen LogP contribution < -0.4 is 0 Å². The molecule has 0 aliphatic carbocycles. The van der Waals surface area contributed by atoms with Gasteiger partial charge in [0.2, 0.25) is 0 Å². The Morgan fingerprint density at radius 3 is 2.72 bits per heavy atom. The number of pyridine rings is 1. The molecule has 0 aliphatic heterocycles. The second kappa shape index (κ2) is 9.41. The van der Waals surface area contributed by atoms with Crippen LogP contribution in [0.3, 0.4) is 0 Å². The maximum absolute atomic E-state index is 13.6. The van der Waals surface area contributed by atoms with E-state index in [0.29, 0.717) is 34.3 Å². The molecule has 0 spiro atoms. The molecule has 8 heteroatoms. The highest BCUT2D eigenvalue weighted by atomic mass is 35.5. The Balaban J connectivity index is 1.75. The van der Waals surface area contributed by atoms with Crippen LogP contribution in [0.2, 0.25) is 5.02 Å². The first-order valence-electron chi connectivity index (χ1n) is 9.93. The molecule has 1 amide bonds. The topological polar surface area (TPSA) is 87.7 Å². The first-order chi connectivity index (χ1) is 15.6. The summed E-state index contributed by atoms with van der Waals surface area (Å²) in [5, 5.41) is 14.2. The van der Waals surface area contributed by atoms with Crippen LogP contribution in [0.4, 0.5) is 0 Å². The van der Waals surface area contributed by atoms with Gasteiger partial charge in [-0.15, -0.1) is 0 Å². The second-order valence-corrected chi connectivity index (χ2v) is 7.59. The molecule has 4 aromatic rings. The monoisotopic (exact) mass is 442 g/mol. The summed E-state index contributed by atoms with van der Waals surface area (Å²) in [4.78, 5) is 24.1. The summed E-state index contributed by atoms with van der Waals surface area (Å²) in [5.74, 6) is 0.939. The third kappa shape index (κ3) is 4.51. The Bertz CT molecular complexity index is 1280. The van der Waals surface area contributed by atoms with Crippen molar-refractivity contribution < 1.29 is 4.79 Å². The zero-order chi connectivity index (χ0) is 22.5. The predicted octanol–water partition coefficient (Wildman–Crippen LogP) is 4.59. The van der Waals surface area contributed by atoms with Gasteiger partial charge in [0.25, 0.3) is 5.91 Å². The Hall–Kier alpha value is -4.02. The average molecular weight is 443 g/mol. The van der Waals surface area contributed by atoms with Crippen LogP contribution in [0.15, 0.2) is 79.3 Å². The summed E-state index contributed by atoms with van der Waals surface area (Å²) in [7, 11) is 0. The third-order valence-electron chi connectivity index (χ3n) is 5.02. The van der Waals surface area contributed by atoms with E-state index in [2.05, 4.69) is 21.1 Å². The van der Waals surface area contributed by atoms with E-state index in [1.165, 1.54) is 6.33 Å². The molecular weight excluding hydrogens is 424 g/mol. The lowest BCUT2D eigenvalue weighted by Gasteiger charge is -2.29. The van der Waals surface area contributed by atoms with Gasteiger partial charge >= 0.3 is 0 Å². The minimum absolute atomic E-state index is 0.231. The van der Waals surface area contributed by atoms with Gasteiger partial charge in [0.1, 0.15) is 6.33 Å². The molecule has 4 rings (SSSR count). The van der Waals surface area contributed by atoms with Crippen molar-refractivity contribution in [2.75, 3.05) is 0 Å². The fraction of sp³-hybridized carbons (Fsp3) is 0.125. The first kappa shape index (κ1) is 21.2. The molecule has 0 saturated heterocycles.